The van der Waals surface area contributed by atoms with E-state index in [1.807, 2.05) is 146 Å². The number of nitriles is 2. The molecule has 4 heterocycles. The van der Waals surface area contributed by atoms with Crippen LogP contribution in [-0.2, 0) is 24.7 Å². The number of allylic oxidation sites excluding steroid dienone is 2. The van der Waals surface area contributed by atoms with Gasteiger partial charge in [-0.05, 0) is 195 Å². The molecule has 0 amide bonds. The SMILES string of the molecule is N#C/C(=C(/C#N)c1ccc(N(c2ccccc2)c2ccc(-c3ccc(/N=C4\Nc5cccc6c(-c7ccc(C(F)(F)F)cc7C(F)(F)F)ccc4c56)nc3)cc2)cc1)c1ccc(N(c2ccccc2)c2ccc(-c3ccc(/N=C4\Nc5ccc(-c6ccc(C(F)(F)F)cc6C(F)(F)F)c6cccc4c56)nc3)cc2)cc1. The van der Waals surface area contributed by atoms with Crippen LogP contribution in [-0.4, -0.2) is 21.6 Å². The van der Waals surface area contributed by atoms with E-state index >= 15 is 0 Å². The Balaban J connectivity index is 0.612. The van der Waals surface area contributed by atoms with Gasteiger partial charge in [0, 0.05) is 90.9 Å². The minimum atomic E-state index is -5.07. The first-order chi connectivity index (χ1) is 52.9. The van der Waals surface area contributed by atoms with Gasteiger partial charge in [0.15, 0.2) is 11.6 Å². The van der Waals surface area contributed by atoms with Gasteiger partial charge in [0.1, 0.15) is 23.8 Å². The lowest BCUT2D eigenvalue weighted by Crippen LogP contribution is -2.12. The summed E-state index contributed by atoms with van der Waals surface area (Å²) in [6.45, 7) is 0. The molecule has 16 rings (SSSR count). The standard InChI is InChI=1S/C88H50F12N10/c89-85(90,91)57-27-37-67(75(45-57)87(95,96)97)65-39-40-72-82-70(65)14-8-16-77(82)105-84(72)108-80-44-26-56(50-104-80)52-19-31-62(32-20-52)110(60-11-5-2-6-12-60)64-35-23-54(24-36-64)74(48-102)73(47-101)53-21-33-63(34-22-53)109(59-9-3-1-4-10-59)61-29-17-51(18-30-61)55-25-43-79(103-49-55)107-83-71-15-7-13-69-66(41-42-78(106-83)81(69)71)68-38-28-58(86(92,93)94)46-76(68)88(98,99)100/h1-46,49-50H,(H,103,106,107)(H,104,105,108)/b74-73+. The molecule has 0 saturated heterocycles. The number of alkyl halides is 12. The maximum atomic E-state index is 14.3. The molecule has 2 aliphatic rings. The van der Waals surface area contributed by atoms with Gasteiger partial charge in [0.25, 0.3) is 0 Å². The molecule has 2 aromatic heterocycles. The van der Waals surface area contributed by atoms with Crippen LogP contribution in [0.3, 0.4) is 0 Å². The van der Waals surface area contributed by atoms with Crippen LogP contribution < -0.4 is 20.4 Å². The molecule has 536 valence electrons. The van der Waals surface area contributed by atoms with Gasteiger partial charge >= 0.3 is 24.7 Å². The molecule has 0 saturated carbocycles. The highest BCUT2D eigenvalue weighted by Crippen LogP contribution is 2.49. The Morgan fingerprint density at radius 3 is 1.05 bits per heavy atom. The molecule has 110 heavy (non-hydrogen) atoms. The number of rotatable bonds is 14. The van der Waals surface area contributed by atoms with Gasteiger partial charge in [0.05, 0.1) is 33.4 Å². The fraction of sp³-hybridized carbons (Fsp3) is 0.0455. The first kappa shape index (κ1) is 70.2. The Kier molecular flexibility index (Phi) is 17.7. The zero-order chi connectivity index (χ0) is 76.4. The fourth-order valence-corrected chi connectivity index (χ4v) is 14.0. The van der Waals surface area contributed by atoms with Crippen LogP contribution in [0.1, 0.15) is 44.5 Å². The van der Waals surface area contributed by atoms with Gasteiger partial charge < -0.3 is 20.4 Å². The van der Waals surface area contributed by atoms with Crippen molar-refractivity contribution in [2.45, 2.75) is 24.7 Å². The molecule has 0 radical (unpaired) electrons. The molecule has 2 aliphatic heterocycles. The number of pyridine rings is 2. The highest BCUT2D eigenvalue weighted by Gasteiger charge is 2.41. The van der Waals surface area contributed by atoms with Crippen molar-refractivity contribution in [2.75, 3.05) is 20.4 Å². The number of anilines is 8. The second kappa shape index (κ2) is 27.7. The van der Waals surface area contributed by atoms with E-state index in [-0.39, 0.29) is 45.5 Å². The number of halogens is 12. The van der Waals surface area contributed by atoms with Crippen LogP contribution >= 0.6 is 0 Å². The van der Waals surface area contributed by atoms with E-state index in [4.69, 9.17) is 9.98 Å². The molecular formula is C88H50F12N10. The molecule has 0 fully saturated rings. The van der Waals surface area contributed by atoms with Crippen LogP contribution in [0.15, 0.2) is 301 Å². The smallest absolute Gasteiger partial charge is 0.339 e. The first-order valence-corrected chi connectivity index (χ1v) is 34.0. The summed E-state index contributed by atoms with van der Waals surface area (Å²) in [6, 6.07) is 81.0. The zero-order valence-corrected chi connectivity index (χ0v) is 56.8. The summed E-state index contributed by atoms with van der Waals surface area (Å²) in [6.07, 6.45) is -16.7. The zero-order valence-electron chi connectivity index (χ0n) is 56.8. The number of para-hydroxylation sites is 2. The molecular weight excluding hydrogens is 1430 g/mol. The molecule has 22 heteroatoms. The maximum absolute atomic E-state index is 14.3. The predicted molar refractivity (Wildman–Crippen MR) is 405 cm³/mol. The molecule has 14 aromatic rings. The van der Waals surface area contributed by atoms with Crippen molar-refractivity contribution in [3.63, 3.8) is 0 Å². The minimum absolute atomic E-state index is 0.111. The van der Waals surface area contributed by atoms with Crippen molar-refractivity contribution in [1.29, 1.82) is 10.5 Å². The summed E-state index contributed by atoms with van der Waals surface area (Å²) in [5, 5.41) is 29.9. The second-order valence-corrected chi connectivity index (χ2v) is 25.8. The van der Waals surface area contributed by atoms with E-state index in [1.54, 1.807) is 97.3 Å². The lowest BCUT2D eigenvalue weighted by molar-refractivity contribution is -0.144. The molecule has 0 atom stereocenters. The molecule has 0 spiro atoms. The summed E-state index contributed by atoms with van der Waals surface area (Å²) < 4.78 is 168. The topological polar surface area (TPSA) is 129 Å². The Hall–Kier alpha value is -14.1. The van der Waals surface area contributed by atoms with E-state index in [2.05, 4.69) is 42.5 Å². The lowest BCUT2D eigenvalue weighted by Gasteiger charge is -2.26. The van der Waals surface area contributed by atoms with Crippen molar-refractivity contribution in [2.24, 2.45) is 9.98 Å². The van der Waals surface area contributed by atoms with E-state index in [1.165, 1.54) is 12.1 Å². The number of nitrogens with zero attached hydrogens (tertiary/aromatic N) is 8. The van der Waals surface area contributed by atoms with Crippen molar-refractivity contribution in [3.05, 3.63) is 336 Å². The van der Waals surface area contributed by atoms with E-state index in [9.17, 15) is 63.2 Å². The maximum Gasteiger partial charge on any atom is 0.417 e. The average Bonchev–Trinajstić information content (AvgIpc) is 1.54. The van der Waals surface area contributed by atoms with Gasteiger partial charge in [-0.2, -0.15) is 63.2 Å². The average molecular weight is 1480 g/mol. The number of hydrogen-bond donors (Lipinski definition) is 2. The second-order valence-electron chi connectivity index (χ2n) is 25.8. The molecule has 12 aromatic carbocycles. The third-order valence-corrected chi connectivity index (χ3v) is 19.2. The largest absolute Gasteiger partial charge is 0.417 e. The summed E-state index contributed by atoms with van der Waals surface area (Å²) in [5.74, 6) is 1.43. The third kappa shape index (κ3) is 13.4. The number of benzene rings is 12. The van der Waals surface area contributed by atoms with Crippen LogP contribution in [0.5, 0.6) is 0 Å². The van der Waals surface area contributed by atoms with Gasteiger partial charge in [-0.25, -0.2) is 20.0 Å². The quantitative estimate of drug-likeness (QED) is 0.0626. The minimum Gasteiger partial charge on any atom is -0.339 e. The van der Waals surface area contributed by atoms with Crippen molar-refractivity contribution < 1.29 is 52.7 Å². The Morgan fingerprint density at radius 1 is 0.318 bits per heavy atom. The number of amidine groups is 2. The number of hydrogen-bond acceptors (Lipinski definition) is 8. The number of aliphatic imine (C=N–C) groups is 2. The van der Waals surface area contributed by atoms with E-state index in [0.717, 1.165) is 68.5 Å². The molecule has 0 aliphatic carbocycles. The van der Waals surface area contributed by atoms with Gasteiger partial charge in [-0.15, -0.1) is 0 Å². The highest BCUT2D eigenvalue weighted by molar-refractivity contribution is 6.29. The molecule has 10 nitrogen and oxygen atoms in total. The lowest BCUT2D eigenvalue weighted by atomic mass is 9.91. The number of aromatic nitrogens is 2. The summed E-state index contributed by atoms with van der Waals surface area (Å²) >= 11 is 0. The van der Waals surface area contributed by atoms with Gasteiger partial charge in [-0.3, -0.25) is 0 Å². The molecule has 0 bridgehead atoms. The predicted octanol–water partition coefficient (Wildman–Crippen LogP) is 25.4. The van der Waals surface area contributed by atoms with E-state index in [0.29, 0.717) is 90.6 Å². The Bertz CT molecular complexity index is 5800. The van der Waals surface area contributed by atoms with Crippen molar-refractivity contribution in [1.82, 2.24) is 9.97 Å². The monoisotopic (exact) mass is 1470 g/mol. The summed E-state index contributed by atoms with van der Waals surface area (Å²) in [5.41, 5.74) is 5.55. The summed E-state index contributed by atoms with van der Waals surface area (Å²) in [7, 11) is 0. The van der Waals surface area contributed by atoms with Crippen molar-refractivity contribution in [3.8, 4) is 56.6 Å². The third-order valence-electron chi connectivity index (χ3n) is 19.2. The van der Waals surface area contributed by atoms with E-state index < -0.39 is 47.0 Å². The van der Waals surface area contributed by atoms with Crippen LogP contribution in [0.25, 0.3) is 77.2 Å². The Labute approximate surface area is 619 Å². The highest BCUT2D eigenvalue weighted by atomic mass is 19.4. The summed E-state index contributed by atoms with van der Waals surface area (Å²) in [4.78, 5) is 22.9. The normalized spacial score (nSPS) is 13.6. The van der Waals surface area contributed by atoms with Crippen molar-refractivity contribution >= 4 is 101 Å². The first-order valence-electron chi connectivity index (χ1n) is 34.0. The molecule has 0 unspecified atom stereocenters. The molecule has 2 N–H and O–H groups in total. The van der Waals surface area contributed by atoms with Crippen LogP contribution in [0.4, 0.5) is 110 Å². The van der Waals surface area contributed by atoms with Gasteiger partial charge in [0.2, 0.25) is 0 Å². The van der Waals surface area contributed by atoms with Gasteiger partial charge in [-0.1, -0.05) is 140 Å². The fourth-order valence-electron chi connectivity index (χ4n) is 14.0. The van der Waals surface area contributed by atoms with Crippen LogP contribution in [0, 0.1) is 22.7 Å². The van der Waals surface area contributed by atoms with Crippen LogP contribution in [0.2, 0.25) is 0 Å². The Morgan fingerprint density at radius 2 is 0.664 bits per heavy atom. The number of nitrogens with one attached hydrogen (secondary N) is 2.